The molecule has 0 radical (unpaired) electrons. The van der Waals surface area contributed by atoms with Gasteiger partial charge in [-0.05, 0) is 37.3 Å². The van der Waals surface area contributed by atoms with Crippen LogP contribution >= 0.6 is 0 Å². The number of nitrogens with one attached hydrogen (secondary N) is 1. The van der Waals surface area contributed by atoms with E-state index in [2.05, 4.69) is 15.4 Å². The van der Waals surface area contributed by atoms with Crippen LogP contribution in [0, 0.1) is 0 Å². The third-order valence-electron chi connectivity index (χ3n) is 5.93. The summed E-state index contributed by atoms with van der Waals surface area (Å²) in [7, 11) is 1.66. The van der Waals surface area contributed by atoms with Crippen LogP contribution in [0.15, 0.2) is 36.9 Å². The maximum Gasteiger partial charge on any atom is 0.222 e. The number of aromatic nitrogens is 3. The molecular formula is C22H31N5O4. The molecule has 9 heteroatoms. The molecule has 1 aromatic carbocycles. The monoisotopic (exact) mass is 429 g/mol. The number of hydrogen-bond donors (Lipinski definition) is 2. The van der Waals surface area contributed by atoms with Gasteiger partial charge in [-0.3, -0.25) is 14.3 Å². The van der Waals surface area contributed by atoms with Crippen molar-refractivity contribution in [3.05, 3.63) is 42.5 Å². The Hall–Kier alpha value is -2.94. The van der Waals surface area contributed by atoms with Crippen molar-refractivity contribution >= 4 is 11.8 Å². The standard InChI is InChI=1S/C22H31N5O4/c1-31-22(15-24-20(29)7-4-12-27-17-23-16-25-27)10-13-26(14-11-22)21(30)9-8-18-5-2-3-6-19(18)28/h2-3,5-6,16-17,28H,4,7-15H2,1H3,(H,24,29). The fraction of sp³-hybridized carbons (Fsp3) is 0.545. The number of amides is 2. The third kappa shape index (κ3) is 6.52. The number of piperidine rings is 1. The molecule has 0 unspecified atom stereocenters. The molecule has 1 fully saturated rings. The van der Waals surface area contributed by atoms with E-state index in [1.807, 2.05) is 17.0 Å². The van der Waals surface area contributed by atoms with Crippen LogP contribution in [0.2, 0.25) is 0 Å². The van der Waals surface area contributed by atoms with Gasteiger partial charge in [0.25, 0.3) is 0 Å². The Balaban J connectivity index is 1.38. The van der Waals surface area contributed by atoms with Crippen molar-refractivity contribution < 1.29 is 19.4 Å². The van der Waals surface area contributed by atoms with Gasteiger partial charge in [0.2, 0.25) is 11.8 Å². The summed E-state index contributed by atoms with van der Waals surface area (Å²) in [6.45, 7) is 2.28. The summed E-state index contributed by atoms with van der Waals surface area (Å²) in [5, 5.41) is 16.9. The number of methoxy groups -OCH3 is 1. The molecule has 2 aromatic rings. The number of carbonyl (C=O) groups is 2. The molecule has 1 aromatic heterocycles. The predicted molar refractivity (Wildman–Crippen MR) is 114 cm³/mol. The van der Waals surface area contributed by atoms with E-state index in [0.717, 1.165) is 5.56 Å². The molecule has 1 saturated heterocycles. The molecule has 2 heterocycles. The number of nitrogens with zero attached hydrogens (tertiary/aromatic N) is 4. The number of phenols is 1. The van der Waals surface area contributed by atoms with E-state index in [9.17, 15) is 14.7 Å². The first kappa shape index (κ1) is 22.7. The molecule has 168 valence electrons. The molecule has 31 heavy (non-hydrogen) atoms. The smallest absolute Gasteiger partial charge is 0.222 e. The number of ether oxygens (including phenoxy) is 1. The van der Waals surface area contributed by atoms with Crippen molar-refractivity contribution in [1.82, 2.24) is 25.0 Å². The first-order chi connectivity index (χ1) is 15.0. The Morgan fingerprint density at radius 3 is 2.68 bits per heavy atom. The zero-order valence-electron chi connectivity index (χ0n) is 18.0. The summed E-state index contributed by atoms with van der Waals surface area (Å²) < 4.78 is 7.46. The highest BCUT2D eigenvalue weighted by Crippen LogP contribution is 2.26. The molecule has 0 bridgehead atoms. The van der Waals surface area contributed by atoms with Gasteiger partial charge in [-0.1, -0.05) is 18.2 Å². The van der Waals surface area contributed by atoms with E-state index >= 15 is 0 Å². The number of likely N-dealkylation sites (tertiary alicyclic amines) is 1. The van der Waals surface area contributed by atoms with E-state index < -0.39 is 5.60 Å². The first-order valence-corrected chi connectivity index (χ1v) is 10.7. The number of benzene rings is 1. The Morgan fingerprint density at radius 2 is 2.00 bits per heavy atom. The number of phenolic OH excluding ortho intramolecular Hbond substituents is 1. The van der Waals surface area contributed by atoms with Crippen molar-refractivity contribution in [1.29, 1.82) is 0 Å². The number of para-hydroxylation sites is 1. The van der Waals surface area contributed by atoms with Crippen LogP contribution in [0.25, 0.3) is 0 Å². The fourth-order valence-electron chi connectivity index (χ4n) is 3.84. The Labute approximate surface area is 182 Å². The van der Waals surface area contributed by atoms with E-state index in [1.165, 1.54) is 6.33 Å². The van der Waals surface area contributed by atoms with Gasteiger partial charge in [0, 0.05) is 46.1 Å². The van der Waals surface area contributed by atoms with Crippen molar-refractivity contribution in [2.24, 2.45) is 0 Å². The van der Waals surface area contributed by atoms with Gasteiger partial charge in [-0.15, -0.1) is 0 Å². The van der Waals surface area contributed by atoms with Gasteiger partial charge in [0.1, 0.15) is 18.4 Å². The summed E-state index contributed by atoms with van der Waals surface area (Å²) in [5.74, 6) is 0.284. The molecule has 0 atom stereocenters. The second kappa shape index (κ2) is 10.9. The van der Waals surface area contributed by atoms with Crippen LogP contribution in [-0.2, 0) is 27.3 Å². The molecule has 1 aliphatic heterocycles. The van der Waals surface area contributed by atoms with Gasteiger partial charge in [0.15, 0.2) is 0 Å². The minimum atomic E-state index is -0.448. The summed E-state index contributed by atoms with van der Waals surface area (Å²) >= 11 is 0. The van der Waals surface area contributed by atoms with Crippen LogP contribution in [-0.4, -0.2) is 68.9 Å². The SMILES string of the molecule is COC1(CNC(=O)CCCn2cncn2)CCN(C(=O)CCc2ccccc2O)CC1. The van der Waals surface area contributed by atoms with Gasteiger partial charge in [-0.25, -0.2) is 4.98 Å². The second-order valence-electron chi connectivity index (χ2n) is 7.94. The second-order valence-corrected chi connectivity index (χ2v) is 7.94. The maximum atomic E-state index is 12.6. The fourth-order valence-corrected chi connectivity index (χ4v) is 3.84. The van der Waals surface area contributed by atoms with Crippen LogP contribution in [0.1, 0.15) is 37.7 Å². The van der Waals surface area contributed by atoms with Crippen LogP contribution < -0.4 is 5.32 Å². The summed E-state index contributed by atoms with van der Waals surface area (Å²) in [5.41, 5.74) is 0.335. The van der Waals surface area contributed by atoms with Crippen LogP contribution in [0.4, 0.5) is 0 Å². The maximum absolute atomic E-state index is 12.6. The molecule has 3 rings (SSSR count). The minimum Gasteiger partial charge on any atom is -0.508 e. The zero-order chi connectivity index (χ0) is 22.1. The molecule has 0 aliphatic carbocycles. The lowest BCUT2D eigenvalue weighted by molar-refractivity contribution is -0.137. The van der Waals surface area contributed by atoms with Gasteiger partial charge < -0.3 is 20.1 Å². The Morgan fingerprint density at radius 1 is 1.23 bits per heavy atom. The molecular weight excluding hydrogens is 398 g/mol. The highest BCUT2D eigenvalue weighted by molar-refractivity contribution is 5.77. The molecule has 2 N–H and O–H groups in total. The lowest BCUT2D eigenvalue weighted by atomic mass is 9.90. The van der Waals surface area contributed by atoms with Crippen LogP contribution in [0.3, 0.4) is 0 Å². The van der Waals surface area contributed by atoms with Gasteiger partial charge in [0.05, 0.1) is 5.60 Å². The normalized spacial score (nSPS) is 15.6. The predicted octanol–water partition coefficient (Wildman–Crippen LogP) is 1.52. The van der Waals surface area contributed by atoms with Gasteiger partial charge >= 0.3 is 0 Å². The average molecular weight is 430 g/mol. The van der Waals surface area contributed by atoms with E-state index in [0.29, 0.717) is 64.7 Å². The lowest BCUT2D eigenvalue weighted by Crippen LogP contribution is -2.53. The van der Waals surface area contributed by atoms with E-state index in [4.69, 9.17) is 4.74 Å². The number of rotatable bonds is 10. The highest BCUT2D eigenvalue weighted by atomic mass is 16.5. The number of aryl methyl sites for hydroxylation is 2. The van der Waals surface area contributed by atoms with E-state index in [1.54, 1.807) is 30.3 Å². The zero-order valence-corrected chi connectivity index (χ0v) is 18.0. The quantitative estimate of drug-likeness (QED) is 0.593. The lowest BCUT2D eigenvalue weighted by Gasteiger charge is -2.41. The number of carbonyl (C=O) groups excluding carboxylic acids is 2. The van der Waals surface area contributed by atoms with Crippen LogP contribution in [0.5, 0.6) is 5.75 Å². The van der Waals surface area contributed by atoms with E-state index in [-0.39, 0.29) is 17.6 Å². The number of hydrogen-bond acceptors (Lipinski definition) is 6. The van der Waals surface area contributed by atoms with Crippen molar-refractivity contribution in [2.45, 2.75) is 50.7 Å². The Kier molecular flexibility index (Phi) is 8.00. The topological polar surface area (TPSA) is 110 Å². The van der Waals surface area contributed by atoms with Gasteiger partial charge in [-0.2, -0.15) is 5.10 Å². The molecule has 2 amide bonds. The first-order valence-electron chi connectivity index (χ1n) is 10.7. The molecule has 0 saturated carbocycles. The molecule has 9 nitrogen and oxygen atoms in total. The Bertz CT molecular complexity index is 847. The third-order valence-corrected chi connectivity index (χ3v) is 5.93. The summed E-state index contributed by atoms with van der Waals surface area (Å²) in [6, 6.07) is 7.10. The largest absolute Gasteiger partial charge is 0.508 e. The summed E-state index contributed by atoms with van der Waals surface area (Å²) in [6.07, 6.45) is 6.43. The average Bonchev–Trinajstić information content (AvgIpc) is 3.31. The minimum absolute atomic E-state index is 0.0160. The number of aromatic hydroxyl groups is 1. The van der Waals surface area contributed by atoms with Crippen molar-refractivity contribution in [2.75, 3.05) is 26.7 Å². The van der Waals surface area contributed by atoms with Crippen molar-refractivity contribution in [3.8, 4) is 5.75 Å². The molecule has 1 aliphatic rings. The highest BCUT2D eigenvalue weighted by Gasteiger charge is 2.36. The molecule has 0 spiro atoms. The van der Waals surface area contributed by atoms with Crippen molar-refractivity contribution in [3.63, 3.8) is 0 Å². The summed E-state index contributed by atoms with van der Waals surface area (Å²) in [4.78, 5) is 30.5.